The minimum atomic E-state index is -0.456. The summed E-state index contributed by atoms with van der Waals surface area (Å²) in [6, 6.07) is 4.93. The third-order valence-corrected chi connectivity index (χ3v) is 3.57. The van der Waals surface area contributed by atoms with Crippen LogP contribution in [0.5, 0.6) is 0 Å². The van der Waals surface area contributed by atoms with Gasteiger partial charge in [-0.2, -0.15) is 0 Å². The average Bonchev–Trinajstić information content (AvgIpc) is 2.54. The largest absolute Gasteiger partial charge is 0.345 e. The van der Waals surface area contributed by atoms with Crippen LogP contribution in [-0.4, -0.2) is 15.9 Å². The highest BCUT2D eigenvalue weighted by atomic mass is 35.5. The normalized spacial score (nSPS) is 11.9. The molecule has 2 rings (SSSR count). The number of nitrogens with zero attached hydrogens (tertiary/aromatic N) is 1. The molecular weight excluding hydrogens is 302 g/mol. The van der Waals surface area contributed by atoms with Crippen molar-refractivity contribution >= 4 is 17.5 Å². The van der Waals surface area contributed by atoms with Gasteiger partial charge in [0, 0.05) is 18.6 Å². The molecule has 0 aliphatic rings. The van der Waals surface area contributed by atoms with E-state index in [0.717, 1.165) is 24.8 Å². The Kier molecular flexibility index (Phi) is 5.72. The highest BCUT2D eigenvalue weighted by Gasteiger charge is 2.18. The molecule has 0 bridgehead atoms. The molecule has 0 fully saturated rings. The highest BCUT2D eigenvalue weighted by Crippen LogP contribution is 2.19. The van der Waals surface area contributed by atoms with Crippen LogP contribution in [0.4, 0.5) is 0 Å². The van der Waals surface area contributed by atoms with Crippen molar-refractivity contribution in [1.82, 2.24) is 15.3 Å². The molecule has 2 aromatic rings. The molecule has 0 aromatic carbocycles. The van der Waals surface area contributed by atoms with E-state index < -0.39 is 11.5 Å². The van der Waals surface area contributed by atoms with Gasteiger partial charge in [0.2, 0.25) is 0 Å². The maximum Gasteiger partial charge on any atom is 0.260 e. The lowest BCUT2D eigenvalue weighted by molar-refractivity contribution is 0.0932. The monoisotopic (exact) mass is 319 g/mol. The molecule has 5 nitrogen and oxygen atoms in total. The van der Waals surface area contributed by atoms with Crippen LogP contribution < -0.4 is 10.9 Å². The maximum atomic E-state index is 12.4. The quantitative estimate of drug-likeness (QED) is 0.859. The van der Waals surface area contributed by atoms with E-state index in [1.54, 1.807) is 12.4 Å². The third-order valence-electron chi connectivity index (χ3n) is 3.35. The van der Waals surface area contributed by atoms with Crippen molar-refractivity contribution in [3.05, 3.63) is 63.3 Å². The molecule has 0 saturated carbocycles. The smallest absolute Gasteiger partial charge is 0.260 e. The van der Waals surface area contributed by atoms with Gasteiger partial charge >= 0.3 is 0 Å². The Labute approximate surface area is 133 Å². The predicted molar refractivity (Wildman–Crippen MR) is 86.0 cm³/mol. The first-order valence-corrected chi connectivity index (χ1v) is 7.58. The van der Waals surface area contributed by atoms with E-state index in [4.69, 9.17) is 11.6 Å². The molecule has 1 atom stereocenters. The zero-order chi connectivity index (χ0) is 15.9. The molecular formula is C16H18ClN3O2. The van der Waals surface area contributed by atoms with Crippen LogP contribution >= 0.6 is 11.6 Å². The van der Waals surface area contributed by atoms with E-state index in [2.05, 4.69) is 22.2 Å². The third kappa shape index (κ3) is 4.18. The molecule has 0 unspecified atom stereocenters. The second-order valence-electron chi connectivity index (χ2n) is 5.02. The lowest BCUT2D eigenvalue weighted by Gasteiger charge is -2.18. The van der Waals surface area contributed by atoms with Crippen LogP contribution in [-0.2, 0) is 0 Å². The zero-order valence-corrected chi connectivity index (χ0v) is 13.1. The molecule has 0 aliphatic carbocycles. The van der Waals surface area contributed by atoms with Crippen LogP contribution in [0.25, 0.3) is 0 Å². The van der Waals surface area contributed by atoms with E-state index in [0.29, 0.717) is 5.02 Å². The topological polar surface area (TPSA) is 74.8 Å². The van der Waals surface area contributed by atoms with Crippen molar-refractivity contribution in [2.24, 2.45) is 0 Å². The number of H-pyrrole nitrogens is 1. The molecule has 116 valence electrons. The van der Waals surface area contributed by atoms with Crippen molar-refractivity contribution in [2.45, 2.75) is 32.2 Å². The molecule has 22 heavy (non-hydrogen) atoms. The highest BCUT2D eigenvalue weighted by molar-refractivity contribution is 6.30. The fourth-order valence-electron chi connectivity index (χ4n) is 2.17. The predicted octanol–water partition coefficient (Wildman–Crippen LogP) is 3.08. The van der Waals surface area contributed by atoms with Crippen molar-refractivity contribution < 1.29 is 4.79 Å². The first-order chi connectivity index (χ1) is 10.6. The lowest BCUT2D eigenvalue weighted by Crippen LogP contribution is -2.32. The van der Waals surface area contributed by atoms with Gasteiger partial charge in [0.25, 0.3) is 11.5 Å². The van der Waals surface area contributed by atoms with Crippen LogP contribution in [0.3, 0.4) is 0 Å². The average molecular weight is 320 g/mol. The van der Waals surface area contributed by atoms with Gasteiger partial charge in [-0.1, -0.05) is 37.4 Å². The Morgan fingerprint density at radius 1 is 1.50 bits per heavy atom. The molecule has 1 amide bonds. The van der Waals surface area contributed by atoms with Gasteiger partial charge in [0.1, 0.15) is 5.56 Å². The number of amides is 1. The number of carbonyl (C=O) groups is 1. The fourth-order valence-corrected chi connectivity index (χ4v) is 2.34. The number of nitrogens with one attached hydrogen (secondary N) is 2. The fraction of sp³-hybridized carbons (Fsp3) is 0.312. The summed E-state index contributed by atoms with van der Waals surface area (Å²) in [4.78, 5) is 30.6. The zero-order valence-electron chi connectivity index (χ0n) is 12.3. The molecule has 2 aromatic heterocycles. The van der Waals surface area contributed by atoms with E-state index in [-0.39, 0.29) is 11.6 Å². The Morgan fingerprint density at radius 3 is 3.00 bits per heavy atom. The maximum absolute atomic E-state index is 12.4. The first-order valence-electron chi connectivity index (χ1n) is 7.21. The standard InChI is InChI=1S/C16H18ClN3O2/c1-2-3-6-14(11-5-4-7-18-9-11)20-16(22)13-8-12(17)10-19-15(13)21/h4-5,7-10,14H,2-3,6H2,1H3,(H,19,21)(H,20,22)/t14-/m0/s1. The summed E-state index contributed by atoms with van der Waals surface area (Å²) in [6.07, 6.45) is 7.53. The Balaban J connectivity index is 2.21. The number of aromatic amines is 1. The van der Waals surface area contributed by atoms with E-state index in [1.807, 2.05) is 12.1 Å². The van der Waals surface area contributed by atoms with Gasteiger partial charge in [0.05, 0.1) is 11.1 Å². The van der Waals surface area contributed by atoms with Crippen LogP contribution in [0.15, 0.2) is 41.6 Å². The molecule has 6 heteroatoms. The molecule has 0 aliphatic heterocycles. The number of carbonyl (C=O) groups excluding carboxylic acids is 1. The van der Waals surface area contributed by atoms with Crippen LogP contribution in [0.2, 0.25) is 5.02 Å². The van der Waals surface area contributed by atoms with Crippen LogP contribution in [0, 0.1) is 0 Å². The van der Waals surface area contributed by atoms with Gasteiger partial charge in [-0.3, -0.25) is 14.6 Å². The molecule has 0 spiro atoms. The van der Waals surface area contributed by atoms with Gasteiger partial charge in [-0.05, 0) is 24.1 Å². The van der Waals surface area contributed by atoms with E-state index >= 15 is 0 Å². The number of rotatable bonds is 6. The molecule has 0 saturated heterocycles. The summed E-state index contributed by atoms with van der Waals surface area (Å²) in [7, 11) is 0. The van der Waals surface area contributed by atoms with Crippen molar-refractivity contribution in [2.75, 3.05) is 0 Å². The molecule has 2 heterocycles. The first kappa shape index (κ1) is 16.2. The number of pyridine rings is 2. The summed E-state index contributed by atoms with van der Waals surface area (Å²) < 4.78 is 0. The van der Waals surface area contributed by atoms with E-state index in [9.17, 15) is 9.59 Å². The lowest BCUT2D eigenvalue weighted by atomic mass is 10.0. The SMILES string of the molecule is CCCC[C@H](NC(=O)c1cc(Cl)c[nH]c1=O)c1cccnc1. The second kappa shape index (κ2) is 7.75. The number of hydrogen-bond donors (Lipinski definition) is 2. The van der Waals surface area contributed by atoms with Crippen molar-refractivity contribution in [3.63, 3.8) is 0 Å². The molecule has 2 N–H and O–H groups in total. The minimum Gasteiger partial charge on any atom is -0.345 e. The van der Waals surface area contributed by atoms with Gasteiger partial charge in [0.15, 0.2) is 0 Å². The summed E-state index contributed by atoms with van der Waals surface area (Å²) >= 11 is 5.84. The van der Waals surface area contributed by atoms with Gasteiger partial charge in [-0.15, -0.1) is 0 Å². The van der Waals surface area contributed by atoms with Crippen molar-refractivity contribution in [3.8, 4) is 0 Å². The number of halogens is 1. The van der Waals surface area contributed by atoms with Gasteiger partial charge in [-0.25, -0.2) is 0 Å². The Hall–Kier alpha value is -2.14. The van der Waals surface area contributed by atoms with E-state index in [1.165, 1.54) is 12.3 Å². The number of hydrogen-bond acceptors (Lipinski definition) is 3. The summed E-state index contributed by atoms with van der Waals surface area (Å²) in [5.74, 6) is -0.436. The minimum absolute atomic E-state index is 0.0119. The summed E-state index contributed by atoms with van der Waals surface area (Å²) in [6.45, 7) is 2.09. The number of aromatic nitrogens is 2. The Morgan fingerprint density at radius 2 is 2.32 bits per heavy atom. The Bertz CT molecular complexity index is 685. The number of unbranched alkanes of at least 4 members (excludes halogenated alkanes) is 1. The van der Waals surface area contributed by atoms with Crippen LogP contribution in [0.1, 0.15) is 48.1 Å². The molecule has 0 radical (unpaired) electrons. The summed E-state index contributed by atoms with van der Waals surface area (Å²) in [5.41, 5.74) is 0.475. The second-order valence-corrected chi connectivity index (χ2v) is 5.45. The van der Waals surface area contributed by atoms with Crippen molar-refractivity contribution in [1.29, 1.82) is 0 Å². The van der Waals surface area contributed by atoms with Gasteiger partial charge < -0.3 is 10.3 Å². The summed E-state index contributed by atoms with van der Waals surface area (Å²) in [5, 5.41) is 3.21.